The number of nitrogens with zero attached hydrogens (tertiary/aromatic N) is 2. The Morgan fingerprint density at radius 1 is 1.48 bits per heavy atom. The van der Waals surface area contributed by atoms with Gasteiger partial charge in [0, 0.05) is 11.3 Å². The fraction of sp³-hybridized carbons (Fsp3) is 0.375. The quantitative estimate of drug-likeness (QED) is 0.848. The number of amides is 1. The Morgan fingerprint density at radius 3 is 2.78 bits per heavy atom. The Labute approximate surface area is 138 Å². The van der Waals surface area contributed by atoms with Crippen molar-refractivity contribution in [2.45, 2.75) is 25.1 Å². The zero-order valence-electron chi connectivity index (χ0n) is 13.3. The van der Waals surface area contributed by atoms with E-state index in [1.807, 2.05) is 13.2 Å². The Hall–Kier alpha value is -1.86. The Bertz CT molecular complexity index is 686. The lowest BCUT2D eigenvalue weighted by Crippen LogP contribution is -2.41. The van der Waals surface area contributed by atoms with E-state index in [4.69, 9.17) is 0 Å². The van der Waals surface area contributed by atoms with Crippen LogP contribution in [0.2, 0.25) is 0 Å². The number of carbonyl (C=O) groups is 1. The monoisotopic (exact) mass is 337 g/mol. The molecule has 0 fully saturated rings. The van der Waals surface area contributed by atoms with E-state index >= 15 is 0 Å². The minimum Gasteiger partial charge on any atom is -0.395 e. The molecular formula is C16H20FN3O2S. The summed E-state index contributed by atoms with van der Waals surface area (Å²) in [6, 6.07) is 6.08. The molecule has 0 radical (unpaired) electrons. The normalized spacial score (nSPS) is 13.6. The van der Waals surface area contributed by atoms with E-state index in [-0.39, 0.29) is 23.8 Å². The highest BCUT2D eigenvalue weighted by atomic mass is 32.2. The number of hydrogen-bond acceptors (Lipinski definition) is 4. The van der Waals surface area contributed by atoms with Crippen molar-refractivity contribution in [3.8, 4) is 5.69 Å². The number of hydrogen-bond donors (Lipinski definition) is 2. The minimum absolute atomic E-state index is 0.0178. The molecule has 0 saturated heterocycles. The van der Waals surface area contributed by atoms with Crippen LogP contribution >= 0.6 is 11.8 Å². The van der Waals surface area contributed by atoms with Gasteiger partial charge in [0.1, 0.15) is 11.5 Å². The second-order valence-electron chi connectivity index (χ2n) is 5.23. The molecule has 0 aliphatic heterocycles. The first-order valence-electron chi connectivity index (χ1n) is 7.23. The van der Waals surface area contributed by atoms with E-state index in [0.717, 1.165) is 0 Å². The lowest BCUT2D eigenvalue weighted by Gasteiger charge is -2.21. The van der Waals surface area contributed by atoms with E-state index in [1.165, 1.54) is 28.7 Å². The van der Waals surface area contributed by atoms with E-state index in [2.05, 4.69) is 10.4 Å². The second kappa shape index (κ2) is 7.61. The molecule has 124 valence electrons. The van der Waals surface area contributed by atoms with Crippen LogP contribution in [0.1, 0.15) is 23.0 Å². The highest BCUT2D eigenvalue weighted by Gasteiger charge is 2.21. The minimum atomic E-state index is -0.401. The molecule has 2 unspecified atom stereocenters. The van der Waals surface area contributed by atoms with Crippen molar-refractivity contribution in [1.29, 1.82) is 0 Å². The summed E-state index contributed by atoms with van der Waals surface area (Å²) in [5.41, 5.74) is 1.25. The van der Waals surface area contributed by atoms with E-state index in [9.17, 15) is 14.3 Å². The Kier molecular flexibility index (Phi) is 5.79. The molecule has 0 spiro atoms. The largest absolute Gasteiger partial charge is 0.395 e. The van der Waals surface area contributed by atoms with Crippen LogP contribution in [0.4, 0.5) is 4.39 Å². The smallest absolute Gasteiger partial charge is 0.255 e. The predicted octanol–water partition coefficient (Wildman–Crippen LogP) is 2.16. The van der Waals surface area contributed by atoms with Gasteiger partial charge in [-0.1, -0.05) is 12.1 Å². The molecule has 0 aliphatic carbocycles. The van der Waals surface area contributed by atoms with Gasteiger partial charge in [0.15, 0.2) is 0 Å². The molecule has 7 heteroatoms. The van der Waals surface area contributed by atoms with Crippen LogP contribution in [-0.2, 0) is 0 Å². The molecule has 23 heavy (non-hydrogen) atoms. The van der Waals surface area contributed by atoms with Gasteiger partial charge in [-0.25, -0.2) is 9.07 Å². The molecule has 0 bridgehead atoms. The number of aromatic nitrogens is 2. The topological polar surface area (TPSA) is 67.2 Å². The molecule has 2 aromatic rings. The van der Waals surface area contributed by atoms with Crippen LogP contribution in [-0.4, -0.2) is 44.9 Å². The van der Waals surface area contributed by atoms with Crippen LogP contribution in [0.5, 0.6) is 0 Å². The summed E-state index contributed by atoms with van der Waals surface area (Å²) in [5, 5.41) is 16.2. The maximum Gasteiger partial charge on any atom is 0.255 e. The van der Waals surface area contributed by atoms with E-state index < -0.39 is 5.82 Å². The zero-order valence-corrected chi connectivity index (χ0v) is 14.1. The molecule has 1 amide bonds. The van der Waals surface area contributed by atoms with Gasteiger partial charge >= 0.3 is 0 Å². The summed E-state index contributed by atoms with van der Waals surface area (Å²) in [6.07, 6.45) is 3.31. The van der Waals surface area contributed by atoms with Crippen LogP contribution < -0.4 is 5.32 Å². The number of aliphatic hydroxyl groups excluding tert-OH is 1. The maximum absolute atomic E-state index is 13.9. The van der Waals surface area contributed by atoms with Gasteiger partial charge in [-0.15, -0.1) is 0 Å². The third-order valence-electron chi connectivity index (χ3n) is 3.73. The highest BCUT2D eigenvalue weighted by molar-refractivity contribution is 7.99. The summed E-state index contributed by atoms with van der Waals surface area (Å²) in [4.78, 5) is 12.4. The fourth-order valence-electron chi connectivity index (χ4n) is 2.31. The highest BCUT2D eigenvalue weighted by Crippen LogP contribution is 2.18. The number of rotatable bonds is 6. The molecule has 1 heterocycles. The number of thioether (sulfide) groups is 1. The Morgan fingerprint density at radius 2 is 2.17 bits per heavy atom. The van der Waals surface area contributed by atoms with Crippen molar-refractivity contribution in [3.63, 3.8) is 0 Å². The number of para-hydroxylation sites is 1. The third kappa shape index (κ3) is 3.73. The van der Waals surface area contributed by atoms with Gasteiger partial charge in [-0.3, -0.25) is 4.79 Å². The van der Waals surface area contributed by atoms with E-state index in [0.29, 0.717) is 16.9 Å². The van der Waals surface area contributed by atoms with Gasteiger partial charge in [0.05, 0.1) is 24.1 Å². The summed E-state index contributed by atoms with van der Waals surface area (Å²) < 4.78 is 15.3. The lowest BCUT2D eigenvalue weighted by atomic mass is 10.2. The number of halogens is 1. The summed E-state index contributed by atoms with van der Waals surface area (Å²) >= 11 is 1.49. The molecule has 5 nitrogen and oxygen atoms in total. The number of nitrogens with one attached hydrogen (secondary N) is 1. The van der Waals surface area contributed by atoms with Crippen molar-refractivity contribution in [2.24, 2.45) is 0 Å². The average molecular weight is 337 g/mol. The van der Waals surface area contributed by atoms with Crippen molar-refractivity contribution < 1.29 is 14.3 Å². The van der Waals surface area contributed by atoms with Crippen LogP contribution in [0, 0.1) is 12.7 Å². The van der Waals surface area contributed by atoms with Gasteiger partial charge in [0.2, 0.25) is 0 Å². The summed E-state index contributed by atoms with van der Waals surface area (Å²) in [6.45, 7) is 3.54. The zero-order chi connectivity index (χ0) is 17.0. The standard InChI is InChI=1S/C16H20FN3O2S/c1-10(15(9-21)23-3)19-16(22)12-8-18-20(11(12)2)14-7-5-4-6-13(14)17/h4-8,10,15,21H,9H2,1-3H3,(H,19,22). The molecule has 2 N–H and O–H groups in total. The molecule has 1 aromatic carbocycles. The van der Waals surface area contributed by atoms with Gasteiger partial charge < -0.3 is 10.4 Å². The second-order valence-corrected chi connectivity index (χ2v) is 6.30. The van der Waals surface area contributed by atoms with Gasteiger partial charge in [0.25, 0.3) is 5.91 Å². The van der Waals surface area contributed by atoms with Crippen LogP contribution in [0.15, 0.2) is 30.5 Å². The van der Waals surface area contributed by atoms with Crippen molar-refractivity contribution in [3.05, 3.63) is 47.5 Å². The molecule has 0 aliphatic rings. The SMILES string of the molecule is CSC(CO)C(C)NC(=O)c1cnn(-c2ccccc2F)c1C. The molecule has 1 aromatic heterocycles. The first-order chi connectivity index (χ1) is 11.0. The first-order valence-corrected chi connectivity index (χ1v) is 8.52. The number of benzene rings is 1. The maximum atomic E-state index is 13.9. The molecular weight excluding hydrogens is 317 g/mol. The van der Waals surface area contributed by atoms with Crippen molar-refractivity contribution in [2.75, 3.05) is 12.9 Å². The Balaban J connectivity index is 2.22. The number of aliphatic hydroxyl groups is 1. The van der Waals surface area contributed by atoms with E-state index in [1.54, 1.807) is 25.1 Å². The number of carbonyl (C=O) groups excluding carboxylic acids is 1. The first kappa shape index (κ1) is 17.5. The molecule has 2 rings (SSSR count). The van der Waals surface area contributed by atoms with Crippen LogP contribution in [0.25, 0.3) is 5.69 Å². The molecule has 0 saturated carbocycles. The predicted molar refractivity (Wildman–Crippen MR) is 89.6 cm³/mol. The lowest BCUT2D eigenvalue weighted by molar-refractivity contribution is 0.0935. The van der Waals surface area contributed by atoms with Crippen molar-refractivity contribution in [1.82, 2.24) is 15.1 Å². The summed E-state index contributed by atoms with van der Waals surface area (Å²) in [5.74, 6) is -0.688. The van der Waals surface area contributed by atoms with Crippen molar-refractivity contribution >= 4 is 17.7 Å². The van der Waals surface area contributed by atoms with Crippen LogP contribution in [0.3, 0.4) is 0 Å². The molecule has 2 atom stereocenters. The third-order valence-corrected chi connectivity index (χ3v) is 4.90. The van der Waals surface area contributed by atoms with Gasteiger partial charge in [-0.05, 0) is 32.2 Å². The average Bonchev–Trinajstić information content (AvgIpc) is 2.90. The summed E-state index contributed by atoms with van der Waals surface area (Å²) in [7, 11) is 0. The van der Waals surface area contributed by atoms with Gasteiger partial charge in [-0.2, -0.15) is 16.9 Å². The fourth-order valence-corrected chi connectivity index (χ4v) is 2.94.